The Morgan fingerprint density at radius 3 is 2.50 bits per heavy atom. The first-order valence-electron chi connectivity index (χ1n) is 7.18. The Morgan fingerprint density at radius 1 is 1.23 bits per heavy atom. The minimum atomic E-state index is -0.836. The highest BCUT2D eigenvalue weighted by Crippen LogP contribution is 2.24. The molecule has 1 aliphatic heterocycles. The number of carboxylic acids is 1. The Labute approximate surface area is 128 Å². The lowest BCUT2D eigenvalue weighted by Crippen LogP contribution is -2.29. The van der Waals surface area contributed by atoms with Crippen LogP contribution in [0.25, 0.3) is 5.69 Å². The smallest absolute Gasteiger partial charge is 0.308 e. The van der Waals surface area contributed by atoms with Crippen LogP contribution in [0.5, 0.6) is 0 Å². The van der Waals surface area contributed by atoms with Crippen LogP contribution in [-0.2, 0) is 4.79 Å². The molecule has 2 atom stereocenters. The monoisotopic (exact) mass is 299 g/mol. The van der Waals surface area contributed by atoms with Gasteiger partial charge >= 0.3 is 5.97 Å². The summed E-state index contributed by atoms with van der Waals surface area (Å²) in [6.45, 7) is 2.62. The molecule has 1 aromatic carbocycles. The van der Waals surface area contributed by atoms with Gasteiger partial charge in [0.05, 0.1) is 11.6 Å². The van der Waals surface area contributed by atoms with E-state index in [1.165, 1.54) is 0 Å². The van der Waals surface area contributed by atoms with Crippen molar-refractivity contribution in [1.82, 2.24) is 14.7 Å². The summed E-state index contributed by atoms with van der Waals surface area (Å²) >= 11 is 0. The van der Waals surface area contributed by atoms with E-state index in [2.05, 4.69) is 5.10 Å². The SMILES string of the molecule is C[C@@H]1CN(C(=O)c2ccc(-n3cccn3)cc2)C[C@H]1C(=O)O. The summed E-state index contributed by atoms with van der Waals surface area (Å²) in [6, 6.07) is 8.98. The predicted molar refractivity (Wildman–Crippen MR) is 79.8 cm³/mol. The maximum atomic E-state index is 12.5. The molecule has 1 fully saturated rings. The molecule has 0 bridgehead atoms. The molecule has 6 heteroatoms. The maximum Gasteiger partial charge on any atom is 0.308 e. The van der Waals surface area contributed by atoms with E-state index in [1.807, 2.05) is 31.3 Å². The van der Waals surface area contributed by atoms with E-state index in [4.69, 9.17) is 5.11 Å². The third-order valence-electron chi connectivity index (χ3n) is 4.10. The molecular weight excluding hydrogens is 282 g/mol. The minimum Gasteiger partial charge on any atom is -0.481 e. The van der Waals surface area contributed by atoms with Gasteiger partial charge in [-0.1, -0.05) is 6.92 Å². The summed E-state index contributed by atoms with van der Waals surface area (Å²) in [5.41, 5.74) is 1.44. The summed E-state index contributed by atoms with van der Waals surface area (Å²) in [5.74, 6) is -1.46. The molecule has 1 N–H and O–H groups in total. The van der Waals surface area contributed by atoms with Crippen molar-refractivity contribution in [1.29, 1.82) is 0 Å². The molecule has 3 rings (SSSR count). The molecule has 2 aromatic rings. The van der Waals surface area contributed by atoms with E-state index in [0.29, 0.717) is 12.1 Å². The molecule has 1 aliphatic rings. The standard InChI is InChI=1S/C16H17N3O3/c1-11-9-18(10-14(11)16(21)22)15(20)12-3-5-13(6-4-12)19-8-2-7-17-19/h2-8,11,14H,9-10H2,1H3,(H,21,22)/t11-,14-/m1/s1. The third-order valence-corrected chi connectivity index (χ3v) is 4.10. The van der Waals surface area contributed by atoms with Crippen LogP contribution in [0.1, 0.15) is 17.3 Å². The van der Waals surface area contributed by atoms with Crippen LogP contribution < -0.4 is 0 Å². The Balaban J connectivity index is 1.74. The average Bonchev–Trinajstić information content (AvgIpc) is 3.16. The highest BCUT2D eigenvalue weighted by molar-refractivity contribution is 5.95. The van der Waals surface area contributed by atoms with Gasteiger partial charge in [-0.2, -0.15) is 5.10 Å². The number of aromatic nitrogens is 2. The van der Waals surface area contributed by atoms with Crippen LogP contribution in [0.15, 0.2) is 42.7 Å². The van der Waals surface area contributed by atoms with Gasteiger partial charge in [0.15, 0.2) is 0 Å². The van der Waals surface area contributed by atoms with Gasteiger partial charge < -0.3 is 10.0 Å². The van der Waals surface area contributed by atoms with Gasteiger partial charge in [-0.3, -0.25) is 9.59 Å². The molecule has 2 heterocycles. The van der Waals surface area contributed by atoms with Crippen LogP contribution in [-0.4, -0.2) is 44.8 Å². The summed E-state index contributed by atoms with van der Waals surface area (Å²) in [5, 5.41) is 13.3. The zero-order chi connectivity index (χ0) is 15.7. The number of hydrogen-bond acceptors (Lipinski definition) is 3. The molecule has 1 amide bonds. The number of likely N-dealkylation sites (tertiary alicyclic amines) is 1. The quantitative estimate of drug-likeness (QED) is 0.935. The molecule has 0 aliphatic carbocycles. The molecule has 1 aromatic heterocycles. The number of carbonyl (C=O) groups is 2. The first kappa shape index (κ1) is 14.3. The lowest BCUT2D eigenvalue weighted by atomic mass is 9.99. The maximum absolute atomic E-state index is 12.5. The second-order valence-corrected chi connectivity index (χ2v) is 5.63. The number of aliphatic carboxylic acids is 1. The van der Waals surface area contributed by atoms with Gasteiger partial charge in [0.1, 0.15) is 0 Å². The topological polar surface area (TPSA) is 75.4 Å². The van der Waals surface area contributed by atoms with Crippen LogP contribution in [0.2, 0.25) is 0 Å². The van der Waals surface area contributed by atoms with Crippen LogP contribution in [0.4, 0.5) is 0 Å². The van der Waals surface area contributed by atoms with E-state index in [1.54, 1.807) is 27.9 Å². The molecule has 1 saturated heterocycles. The number of carbonyl (C=O) groups excluding carboxylic acids is 1. The first-order valence-corrected chi connectivity index (χ1v) is 7.18. The lowest BCUT2D eigenvalue weighted by Gasteiger charge is -2.16. The first-order chi connectivity index (χ1) is 10.6. The highest BCUT2D eigenvalue weighted by atomic mass is 16.4. The van der Waals surface area contributed by atoms with Gasteiger partial charge in [-0.05, 0) is 36.2 Å². The molecule has 22 heavy (non-hydrogen) atoms. The molecular formula is C16H17N3O3. The Kier molecular flexibility index (Phi) is 3.66. The van der Waals surface area contributed by atoms with Crippen molar-refractivity contribution >= 4 is 11.9 Å². The van der Waals surface area contributed by atoms with E-state index < -0.39 is 11.9 Å². The van der Waals surface area contributed by atoms with Gasteiger partial charge in [0.2, 0.25) is 0 Å². The van der Waals surface area contributed by atoms with E-state index in [9.17, 15) is 9.59 Å². The van der Waals surface area contributed by atoms with Crippen molar-refractivity contribution in [3.05, 3.63) is 48.3 Å². The number of hydrogen-bond donors (Lipinski definition) is 1. The van der Waals surface area contributed by atoms with Crippen molar-refractivity contribution in [2.45, 2.75) is 6.92 Å². The summed E-state index contributed by atoms with van der Waals surface area (Å²) in [6.07, 6.45) is 3.52. The van der Waals surface area contributed by atoms with Gasteiger partial charge in [0.25, 0.3) is 5.91 Å². The number of nitrogens with zero attached hydrogens (tertiary/aromatic N) is 3. The Bertz CT molecular complexity index is 679. The second kappa shape index (κ2) is 5.63. The third kappa shape index (κ3) is 2.59. The Hall–Kier alpha value is -2.63. The summed E-state index contributed by atoms with van der Waals surface area (Å²) in [7, 11) is 0. The number of rotatable bonds is 3. The second-order valence-electron chi connectivity index (χ2n) is 5.63. The van der Waals surface area contributed by atoms with Crippen LogP contribution in [0.3, 0.4) is 0 Å². The molecule has 114 valence electrons. The number of benzene rings is 1. The van der Waals surface area contributed by atoms with Crippen LogP contribution in [0, 0.1) is 11.8 Å². The van der Waals surface area contributed by atoms with Crippen molar-refractivity contribution in [2.24, 2.45) is 11.8 Å². The minimum absolute atomic E-state index is 0.0233. The highest BCUT2D eigenvalue weighted by Gasteiger charge is 2.37. The Morgan fingerprint density at radius 2 is 1.95 bits per heavy atom. The van der Waals surface area contributed by atoms with Gasteiger partial charge in [-0.25, -0.2) is 4.68 Å². The van der Waals surface area contributed by atoms with Gasteiger partial charge in [0, 0.05) is 31.0 Å². The fourth-order valence-electron chi connectivity index (χ4n) is 2.81. The van der Waals surface area contributed by atoms with Crippen molar-refractivity contribution in [2.75, 3.05) is 13.1 Å². The fraction of sp³-hybridized carbons (Fsp3) is 0.312. The molecule has 6 nitrogen and oxygen atoms in total. The van der Waals surface area contributed by atoms with Gasteiger partial charge in [-0.15, -0.1) is 0 Å². The number of amides is 1. The lowest BCUT2D eigenvalue weighted by molar-refractivity contribution is -0.142. The fourth-order valence-corrected chi connectivity index (χ4v) is 2.81. The van der Waals surface area contributed by atoms with E-state index in [0.717, 1.165) is 5.69 Å². The van der Waals surface area contributed by atoms with E-state index in [-0.39, 0.29) is 18.4 Å². The molecule has 0 radical (unpaired) electrons. The average molecular weight is 299 g/mol. The zero-order valence-corrected chi connectivity index (χ0v) is 12.2. The normalized spacial score (nSPS) is 21.0. The van der Waals surface area contributed by atoms with Crippen molar-refractivity contribution < 1.29 is 14.7 Å². The molecule has 0 unspecified atom stereocenters. The molecule has 0 saturated carbocycles. The number of carboxylic acid groups (broad SMARTS) is 1. The van der Waals surface area contributed by atoms with E-state index >= 15 is 0 Å². The molecule has 0 spiro atoms. The summed E-state index contributed by atoms with van der Waals surface area (Å²) in [4.78, 5) is 25.2. The van der Waals surface area contributed by atoms with Crippen molar-refractivity contribution in [3.8, 4) is 5.69 Å². The van der Waals surface area contributed by atoms with Crippen LogP contribution >= 0.6 is 0 Å². The largest absolute Gasteiger partial charge is 0.481 e. The predicted octanol–water partition coefficient (Wildman–Crippen LogP) is 1.67. The van der Waals surface area contributed by atoms with Crippen molar-refractivity contribution in [3.63, 3.8) is 0 Å². The zero-order valence-electron chi connectivity index (χ0n) is 12.2. The summed E-state index contributed by atoms with van der Waals surface area (Å²) < 4.78 is 1.71.